The molecule has 3 aromatic rings. The van der Waals surface area contributed by atoms with E-state index in [2.05, 4.69) is 43.6 Å². The number of thiophene rings is 2. The first-order chi connectivity index (χ1) is 8.43. The minimum absolute atomic E-state index is 0.749. The Kier molecular flexibility index (Phi) is 2.94. The minimum Gasteiger partial charge on any atom is -0.378 e. The average molecular weight is 261 g/mol. The first kappa shape index (κ1) is 10.6. The summed E-state index contributed by atoms with van der Waals surface area (Å²) in [5.41, 5.74) is 3.48. The second-order valence-electron chi connectivity index (χ2n) is 3.59. The molecule has 0 aromatic carbocycles. The molecule has 0 aliphatic carbocycles. The Morgan fingerprint density at radius 3 is 3.12 bits per heavy atom. The second-order valence-corrected chi connectivity index (χ2v) is 5.28. The van der Waals surface area contributed by atoms with Crippen LogP contribution in [0.25, 0.3) is 10.4 Å². The van der Waals surface area contributed by atoms with Crippen molar-refractivity contribution in [2.24, 2.45) is 0 Å². The van der Waals surface area contributed by atoms with E-state index in [1.54, 1.807) is 29.0 Å². The van der Waals surface area contributed by atoms with Crippen LogP contribution in [0.3, 0.4) is 0 Å². The van der Waals surface area contributed by atoms with Crippen LogP contribution in [0, 0.1) is 0 Å². The lowest BCUT2D eigenvalue weighted by Gasteiger charge is -2.04. The van der Waals surface area contributed by atoms with E-state index >= 15 is 0 Å². The maximum atomic E-state index is 4.20. The van der Waals surface area contributed by atoms with Gasteiger partial charge in [-0.25, -0.2) is 4.98 Å². The molecule has 0 atom stereocenters. The number of anilines is 1. The van der Waals surface area contributed by atoms with E-state index in [9.17, 15) is 0 Å². The van der Waals surface area contributed by atoms with E-state index < -0.39 is 0 Å². The van der Waals surface area contributed by atoms with E-state index in [0.29, 0.717) is 0 Å². The zero-order valence-corrected chi connectivity index (χ0v) is 10.6. The molecular formula is C12H11N3S2. The monoisotopic (exact) mass is 261 g/mol. The molecule has 3 aromatic heterocycles. The van der Waals surface area contributed by atoms with Gasteiger partial charge in [0.2, 0.25) is 0 Å². The normalized spacial score (nSPS) is 10.6. The minimum atomic E-state index is 0.749. The highest BCUT2D eigenvalue weighted by Gasteiger charge is 2.07. The number of imidazole rings is 1. The fourth-order valence-corrected chi connectivity index (χ4v) is 3.27. The number of nitrogens with zero attached hydrogens (tertiary/aromatic N) is 1. The quantitative estimate of drug-likeness (QED) is 0.749. The second kappa shape index (κ2) is 4.73. The van der Waals surface area contributed by atoms with Crippen LogP contribution in [0.2, 0.25) is 0 Å². The molecule has 5 heteroatoms. The maximum Gasteiger partial charge on any atom is 0.0923 e. The summed E-state index contributed by atoms with van der Waals surface area (Å²) in [5.74, 6) is 0. The summed E-state index contributed by atoms with van der Waals surface area (Å²) in [6.45, 7) is 0.749. The van der Waals surface area contributed by atoms with Crippen LogP contribution in [0.5, 0.6) is 0 Å². The summed E-state index contributed by atoms with van der Waals surface area (Å²) in [5, 5.41) is 9.84. The lowest BCUT2D eigenvalue weighted by Crippen LogP contribution is -1.99. The van der Waals surface area contributed by atoms with Crippen molar-refractivity contribution in [1.29, 1.82) is 0 Å². The third-order valence-corrected chi connectivity index (χ3v) is 4.11. The SMILES string of the molecule is c1csc(-c2cscc2NCc2c[nH]cn2)c1. The van der Waals surface area contributed by atoms with Crippen molar-refractivity contribution in [2.45, 2.75) is 6.54 Å². The van der Waals surface area contributed by atoms with Gasteiger partial charge in [-0.1, -0.05) is 6.07 Å². The molecule has 3 nitrogen and oxygen atoms in total. The largest absolute Gasteiger partial charge is 0.378 e. The first-order valence-electron chi connectivity index (χ1n) is 5.25. The van der Waals surface area contributed by atoms with E-state index in [0.717, 1.165) is 12.2 Å². The molecule has 0 bridgehead atoms. The predicted octanol–water partition coefficient (Wildman–Crippen LogP) is 3.81. The summed E-state index contributed by atoms with van der Waals surface area (Å²) < 4.78 is 0. The number of aromatic nitrogens is 2. The summed E-state index contributed by atoms with van der Waals surface area (Å²) in [4.78, 5) is 8.45. The zero-order valence-electron chi connectivity index (χ0n) is 9.01. The Bertz CT molecular complexity index is 567. The number of hydrogen-bond acceptors (Lipinski definition) is 4. The van der Waals surface area contributed by atoms with Crippen molar-refractivity contribution >= 4 is 28.4 Å². The van der Waals surface area contributed by atoms with Crippen molar-refractivity contribution in [2.75, 3.05) is 5.32 Å². The fourth-order valence-electron chi connectivity index (χ4n) is 1.63. The molecule has 86 valence electrons. The third-order valence-electron chi connectivity index (χ3n) is 2.46. The van der Waals surface area contributed by atoms with Crippen molar-refractivity contribution in [1.82, 2.24) is 9.97 Å². The van der Waals surface area contributed by atoms with Crippen LogP contribution in [0.1, 0.15) is 5.69 Å². The van der Waals surface area contributed by atoms with Gasteiger partial charge in [0.15, 0.2) is 0 Å². The van der Waals surface area contributed by atoms with Gasteiger partial charge >= 0.3 is 0 Å². The third kappa shape index (κ3) is 2.25. The average Bonchev–Trinajstić information content (AvgIpc) is 3.09. The predicted molar refractivity (Wildman–Crippen MR) is 73.5 cm³/mol. The van der Waals surface area contributed by atoms with Crippen molar-refractivity contribution in [3.8, 4) is 10.4 Å². The number of hydrogen-bond donors (Lipinski definition) is 2. The van der Waals surface area contributed by atoms with E-state index in [1.165, 1.54) is 16.1 Å². The Morgan fingerprint density at radius 1 is 1.35 bits per heavy atom. The molecule has 3 rings (SSSR count). The molecule has 0 saturated heterocycles. The van der Waals surface area contributed by atoms with Gasteiger partial charge in [0, 0.05) is 27.4 Å². The van der Waals surface area contributed by atoms with Crippen molar-refractivity contribution in [3.05, 3.63) is 46.5 Å². The van der Waals surface area contributed by atoms with Crippen LogP contribution in [-0.4, -0.2) is 9.97 Å². The summed E-state index contributed by atoms with van der Waals surface area (Å²) in [6.07, 6.45) is 3.61. The topological polar surface area (TPSA) is 40.7 Å². The Hall–Kier alpha value is -1.59. The number of nitrogens with one attached hydrogen (secondary N) is 2. The fraction of sp³-hybridized carbons (Fsp3) is 0.0833. The molecular weight excluding hydrogens is 250 g/mol. The van der Waals surface area contributed by atoms with Crippen LogP contribution in [-0.2, 0) is 6.54 Å². The van der Waals surface area contributed by atoms with E-state index in [1.807, 2.05) is 6.20 Å². The number of aromatic amines is 1. The molecule has 3 heterocycles. The molecule has 0 amide bonds. The van der Waals surface area contributed by atoms with Crippen LogP contribution in [0.15, 0.2) is 40.8 Å². The van der Waals surface area contributed by atoms with E-state index in [-0.39, 0.29) is 0 Å². The lowest BCUT2D eigenvalue weighted by molar-refractivity contribution is 1.08. The molecule has 0 unspecified atom stereocenters. The molecule has 17 heavy (non-hydrogen) atoms. The Labute approximate surface area is 107 Å². The van der Waals surface area contributed by atoms with Crippen molar-refractivity contribution in [3.63, 3.8) is 0 Å². The maximum absolute atomic E-state index is 4.20. The van der Waals surface area contributed by atoms with Gasteiger partial charge in [0.25, 0.3) is 0 Å². The number of H-pyrrole nitrogens is 1. The lowest BCUT2D eigenvalue weighted by atomic mass is 10.2. The summed E-state index contributed by atoms with van der Waals surface area (Å²) >= 11 is 3.48. The highest BCUT2D eigenvalue weighted by Crippen LogP contribution is 2.34. The van der Waals surface area contributed by atoms with Gasteiger partial charge in [-0.05, 0) is 11.4 Å². The summed E-state index contributed by atoms with van der Waals surface area (Å²) in [6, 6.07) is 4.22. The van der Waals surface area contributed by atoms with Gasteiger partial charge < -0.3 is 10.3 Å². The Morgan fingerprint density at radius 2 is 2.35 bits per heavy atom. The van der Waals surface area contributed by atoms with Crippen LogP contribution >= 0.6 is 22.7 Å². The van der Waals surface area contributed by atoms with Gasteiger partial charge in [-0.3, -0.25) is 0 Å². The van der Waals surface area contributed by atoms with Gasteiger partial charge in [0.05, 0.1) is 24.3 Å². The molecule has 0 saturated carbocycles. The first-order valence-corrected chi connectivity index (χ1v) is 7.07. The standard InChI is InChI=1S/C12H11N3S2/c1-2-12(17-3-1)10-6-16-7-11(10)14-5-9-4-13-8-15-9/h1-4,6-8,14H,5H2,(H,13,15). The van der Waals surface area contributed by atoms with E-state index in [4.69, 9.17) is 0 Å². The highest BCUT2D eigenvalue weighted by atomic mass is 32.1. The Balaban J connectivity index is 1.78. The number of rotatable bonds is 4. The summed E-state index contributed by atoms with van der Waals surface area (Å²) in [7, 11) is 0. The van der Waals surface area contributed by atoms with Crippen LogP contribution in [0.4, 0.5) is 5.69 Å². The smallest absolute Gasteiger partial charge is 0.0923 e. The van der Waals surface area contributed by atoms with Crippen molar-refractivity contribution < 1.29 is 0 Å². The van der Waals surface area contributed by atoms with Gasteiger partial charge in [0.1, 0.15) is 0 Å². The van der Waals surface area contributed by atoms with Crippen LogP contribution < -0.4 is 5.32 Å². The molecule has 0 aliphatic heterocycles. The molecule has 0 fully saturated rings. The van der Waals surface area contributed by atoms with Gasteiger partial charge in [-0.2, -0.15) is 0 Å². The molecule has 0 radical (unpaired) electrons. The van der Waals surface area contributed by atoms with Gasteiger partial charge in [-0.15, -0.1) is 22.7 Å². The zero-order chi connectivity index (χ0) is 11.5. The molecule has 2 N–H and O–H groups in total. The highest BCUT2D eigenvalue weighted by molar-refractivity contribution is 7.14. The molecule has 0 aliphatic rings. The molecule has 0 spiro atoms.